The molecule has 17 heavy (non-hydrogen) atoms. The number of aromatic nitrogens is 2. The minimum Gasteiger partial charge on any atom is -0.300 e. The van der Waals surface area contributed by atoms with Crippen molar-refractivity contribution in [1.29, 1.82) is 0 Å². The minimum atomic E-state index is 0.620. The second-order valence-corrected chi connectivity index (χ2v) is 5.17. The maximum Gasteiger partial charge on any atom is 0.156 e. The summed E-state index contributed by atoms with van der Waals surface area (Å²) in [6.07, 6.45) is 2.88. The van der Waals surface area contributed by atoms with Crippen LogP contribution in [0.4, 0.5) is 0 Å². The number of rotatable bonds is 1. The van der Waals surface area contributed by atoms with E-state index in [4.69, 9.17) is 23.2 Å². The summed E-state index contributed by atoms with van der Waals surface area (Å²) in [5.41, 5.74) is 3.19. The molecule has 0 unspecified atom stereocenters. The molecule has 0 amide bonds. The fourth-order valence-electron chi connectivity index (χ4n) is 2.36. The number of nitrogens with zero attached hydrogens (tertiary/aromatic N) is 3. The fourth-order valence-corrected chi connectivity index (χ4v) is 2.87. The topological polar surface area (TPSA) is 20.5 Å². The van der Waals surface area contributed by atoms with Crippen LogP contribution in [0, 0.1) is 0 Å². The van der Waals surface area contributed by atoms with Gasteiger partial charge in [0, 0.05) is 25.7 Å². The Kier molecular flexibility index (Phi) is 2.77. The summed E-state index contributed by atoms with van der Waals surface area (Å²) in [6.45, 7) is 5.22. The summed E-state index contributed by atoms with van der Waals surface area (Å²) in [5.74, 6) is 0. The molecule has 0 bridgehead atoms. The van der Waals surface area contributed by atoms with Gasteiger partial charge in [0.2, 0.25) is 0 Å². The van der Waals surface area contributed by atoms with Crippen LogP contribution in [0.25, 0.3) is 5.65 Å². The van der Waals surface area contributed by atoms with Crippen LogP contribution in [0.5, 0.6) is 0 Å². The Balaban J connectivity index is 2.20. The first kappa shape index (κ1) is 11.3. The lowest BCUT2D eigenvalue weighted by atomic mass is 10.1. The zero-order valence-electron chi connectivity index (χ0n) is 9.58. The van der Waals surface area contributed by atoms with Gasteiger partial charge in [0.15, 0.2) is 5.65 Å². The maximum absolute atomic E-state index is 6.17. The number of likely N-dealkylation sites (N-methyl/N-ethyl adjacent to an activating group) is 1. The Morgan fingerprint density at radius 3 is 3.00 bits per heavy atom. The first-order valence-electron chi connectivity index (χ1n) is 5.76. The summed E-state index contributed by atoms with van der Waals surface area (Å²) in [7, 11) is 0. The van der Waals surface area contributed by atoms with Crippen LogP contribution in [-0.2, 0) is 13.0 Å². The molecule has 0 saturated carbocycles. The molecule has 5 heteroatoms. The highest BCUT2D eigenvalue weighted by atomic mass is 35.5. The highest BCUT2D eigenvalue weighted by Crippen LogP contribution is 2.27. The number of imidazole rings is 1. The average molecular weight is 270 g/mol. The van der Waals surface area contributed by atoms with Gasteiger partial charge in [0.1, 0.15) is 0 Å². The molecule has 0 atom stereocenters. The van der Waals surface area contributed by atoms with E-state index in [1.807, 2.05) is 10.6 Å². The van der Waals surface area contributed by atoms with E-state index >= 15 is 0 Å². The Labute approximate surface area is 110 Å². The molecular weight excluding hydrogens is 257 g/mol. The van der Waals surface area contributed by atoms with E-state index in [0.29, 0.717) is 10.0 Å². The maximum atomic E-state index is 6.17. The molecule has 0 radical (unpaired) electrons. The van der Waals surface area contributed by atoms with Crippen molar-refractivity contribution in [2.75, 3.05) is 13.1 Å². The Bertz CT molecular complexity index is 577. The van der Waals surface area contributed by atoms with Gasteiger partial charge in [-0.3, -0.25) is 9.30 Å². The predicted octanol–water partition coefficient (Wildman–Crippen LogP) is 3.02. The van der Waals surface area contributed by atoms with Gasteiger partial charge in [0.05, 0.1) is 21.4 Å². The third-order valence-corrected chi connectivity index (χ3v) is 3.79. The average Bonchev–Trinajstić information content (AvgIpc) is 2.67. The highest BCUT2D eigenvalue weighted by molar-refractivity contribution is 6.36. The predicted molar refractivity (Wildman–Crippen MR) is 69.9 cm³/mol. The monoisotopic (exact) mass is 269 g/mol. The zero-order valence-corrected chi connectivity index (χ0v) is 11.1. The normalized spacial score (nSPS) is 16.4. The molecule has 0 spiro atoms. The molecule has 3 nitrogen and oxygen atoms in total. The van der Waals surface area contributed by atoms with Crippen LogP contribution in [0.15, 0.2) is 12.3 Å². The van der Waals surface area contributed by atoms with Crippen LogP contribution < -0.4 is 0 Å². The largest absolute Gasteiger partial charge is 0.300 e. The Morgan fingerprint density at radius 2 is 2.24 bits per heavy atom. The molecule has 1 aliphatic rings. The van der Waals surface area contributed by atoms with Gasteiger partial charge in [-0.05, 0) is 12.6 Å². The molecule has 0 aliphatic carbocycles. The van der Waals surface area contributed by atoms with Crippen molar-refractivity contribution < 1.29 is 0 Å². The molecule has 0 saturated heterocycles. The smallest absolute Gasteiger partial charge is 0.156 e. The van der Waals surface area contributed by atoms with Gasteiger partial charge in [-0.1, -0.05) is 30.1 Å². The second-order valence-electron chi connectivity index (χ2n) is 4.32. The zero-order chi connectivity index (χ0) is 12.0. The first-order valence-corrected chi connectivity index (χ1v) is 6.52. The van der Waals surface area contributed by atoms with Crippen LogP contribution in [0.2, 0.25) is 10.0 Å². The second kappa shape index (κ2) is 4.16. The van der Waals surface area contributed by atoms with Gasteiger partial charge < -0.3 is 0 Å². The van der Waals surface area contributed by atoms with Gasteiger partial charge >= 0.3 is 0 Å². The molecule has 0 aromatic carbocycles. The van der Waals surface area contributed by atoms with Gasteiger partial charge in [0.25, 0.3) is 0 Å². The SMILES string of the molecule is CCN1CCc2nc3c(Cl)cc(Cl)cn3c2C1. The van der Waals surface area contributed by atoms with Crippen molar-refractivity contribution in [2.45, 2.75) is 19.9 Å². The third-order valence-electron chi connectivity index (χ3n) is 3.31. The first-order chi connectivity index (χ1) is 8.19. The van der Waals surface area contributed by atoms with Gasteiger partial charge in [-0.25, -0.2) is 4.98 Å². The lowest BCUT2D eigenvalue weighted by molar-refractivity contribution is 0.262. The number of pyridine rings is 1. The van der Waals surface area contributed by atoms with Crippen LogP contribution >= 0.6 is 23.2 Å². The van der Waals surface area contributed by atoms with Crippen LogP contribution in [-0.4, -0.2) is 27.4 Å². The highest BCUT2D eigenvalue weighted by Gasteiger charge is 2.21. The molecule has 2 aromatic rings. The quantitative estimate of drug-likeness (QED) is 0.794. The van der Waals surface area contributed by atoms with Crippen molar-refractivity contribution in [2.24, 2.45) is 0 Å². The van der Waals surface area contributed by atoms with E-state index in [-0.39, 0.29) is 0 Å². The van der Waals surface area contributed by atoms with E-state index < -0.39 is 0 Å². The summed E-state index contributed by atoms with van der Waals surface area (Å²) in [6, 6.07) is 1.74. The molecule has 2 aromatic heterocycles. The minimum absolute atomic E-state index is 0.620. The Hall–Kier alpha value is -0.770. The van der Waals surface area contributed by atoms with Crippen LogP contribution in [0.1, 0.15) is 18.3 Å². The van der Waals surface area contributed by atoms with Crippen molar-refractivity contribution >= 4 is 28.8 Å². The molecular formula is C12H13Cl2N3. The van der Waals surface area contributed by atoms with E-state index in [1.54, 1.807) is 6.07 Å². The van der Waals surface area contributed by atoms with E-state index in [9.17, 15) is 0 Å². The summed E-state index contributed by atoms with van der Waals surface area (Å²) in [5, 5.41) is 1.27. The van der Waals surface area contributed by atoms with Gasteiger partial charge in [-0.15, -0.1) is 0 Å². The van der Waals surface area contributed by atoms with Gasteiger partial charge in [-0.2, -0.15) is 0 Å². The molecule has 0 fully saturated rings. The molecule has 1 aliphatic heterocycles. The summed E-state index contributed by atoms with van der Waals surface area (Å²) >= 11 is 12.2. The Morgan fingerprint density at radius 1 is 1.41 bits per heavy atom. The number of halogens is 2. The van der Waals surface area contributed by atoms with Crippen molar-refractivity contribution in [1.82, 2.24) is 14.3 Å². The van der Waals surface area contributed by atoms with E-state index in [1.165, 1.54) is 5.69 Å². The van der Waals surface area contributed by atoms with E-state index in [0.717, 1.165) is 37.4 Å². The fraction of sp³-hybridized carbons (Fsp3) is 0.417. The van der Waals surface area contributed by atoms with Crippen molar-refractivity contribution in [3.63, 3.8) is 0 Å². The summed E-state index contributed by atoms with van der Waals surface area (Å²) < 4.78 is 2.03. The number of fused-ring (bicyclic) bond motifs is 3. The third kappa shape index (κ3) is 1.82. The summed E-state index contributed by atoms with van der Waals surface area (Å²) in [4.78, 5) is 7.00. The lowest BCUT2D eigenvalue weighted by Crippen LogP contribution is -2.30. The number of hydrogen-bond donors (Lipinski definition) is 0. The number of hydrogen-bond acceptors (Lipinski definition) is 2. The standard InChI is InChI=1S/C12H13Cl2N3/c1-2-16-4-3-10-11(7-16)17-6-8(13)5-9(14)12(17)15-10/h5-6H,2-4,7H2,1H3. The molecule has 3 rings (SSSR count). The molecule has 0 N–H and O–H groups in total. The molecule has 3 heterocycles. The van der Waals surface area contributed by atoms with Crippen molar-refractivity contribution in [3.8, 4) is 0 Å². The van der Waals surface area contributed by atoms with Crippen molar-refractivity contribution in [3.05, 3.63) is 33.7 Å². The lowest BCUT2D eigenvalue weighted by Gasteiger charge is -2.24. The van der Waals surface area contributed by atoms with E-state index in [2.05, 4.69) is 16.8 Å². The molecule has 90 valence electrons. The van der Waals surface area contributed by atoms with Crippen LogP contribution in [0.3, 0.4) is 0 Å².